The van der Waals surface area contributed by atoms with Crippen LogP contribution in [-0.4, -0.2) is 22.2 Å². The SMILES string of the molecule is COc1ccc(/C(=C/c2ccncc2)c2ccncc2)cc1O. The summed E-state index contributed by atoms with van der Waals surface area (Å²) in [6.45, 7) is 0. The molecule has 0 bridgehead atoms. The normalized spacial score (nSPS) is 11.3. The first-order chi connectivity index (χ1) is 11.3. The van der Waals surface area contributed by atoms with E-state index in [9.17, 15) is 5.11 Å². The molecule has 0 aliphatic rings. The third-order valence-electron chi connectivity index (χ3n) is 3.50. The molecule has 0 fully saturated rings. The van der Waals surface area contributed by atoms with Crippen molar-refractivity contribution in [1.29, 1.82) is 0 Å². The number of aromatic hydroxyl groups is 1. The minimum absolute atomic E-state index is 0.111. The lowest BCUT2D eigenvalue weighted by molar-refractivity contribution is 0.373. The van der Waals surface area contributed by atoms with Gasteiger partial charge in [0.05, 0.1) is 7.11 Å². The Morgan fingerprint density at radius 2 is 1.57 bits per heavy atom. The first-order valence-electron chi connectivity index (χ1n) is 7.17. The summed E-state index contributed by atoms with van der Waals surface area (Å²) in [6, 6.07) is 13.1. The maximum Gasteiger partial charge on any atom is 0.160 e. The van der Waals surface area contributed by atoms with Crippen molar-refractivity contribution in [1.82, 2.24) is 9.97 Å². The van der Waals surface area contributed by atoms with Gasteiger partial charge in [0.15, 0.2) is 11.5 Å². The van der Waals surface area contributed by atoms with Crippen LogP contribution in [0.3, 0.4) is 0 Å². The van der Waals surface area contributed by atoms with Crippen LogP contribution in [0.25, 0.3) is 11.6 Å². The van der Waals surface area contributed by atoms with Gasteiger partial charge in [0.1, 0.15) is 0 Å². The van der Waals surface area contributed by atoms with Crippen LogP contribution >= 0.6 is 0 Å². The summed E-state index contributed by atoms with van der Waals surface area (Å²) < 4.78 is 5.12. The molecular weight excluding hydrogens is 288 g/mol. The molecule has 3 aromatic rings. The van der Waals surface area contributed by atoms with Gasteiger partial charge in [-0.15, -0.1) is 0 Å². The Bertz CT molecular complexity index is 815. The number of aromatic nitrogens is 2. The van der Waals surface area contributed by atoms with Gasteiger partial charge in [-0.1, -0.05) is 6.07 Å². The fourth-order valence-electron chi connectivity index (χ4n) is 2.35. The van der Waals surface area contributed by atoms with Gasteiger partial charge < -0.3 is 9.84 Å². The molecule has 1 N–H and O–H groups in total. The summed E-state index contributed by atoms with van der Waals surface area (Å²) in [4.78, 5) is 8.11. The van der Waals surface area contributed by atoms with Crippen LogP contribution in [0.1, 0.15) is 16.7 Å². The van der Waals surface area contributed by atoms with Gasteiger partial charge in [-0.05, 0) is 64.7 Å². The molecule has 1 aromatic carbocycles. The molecule has 4 heteroatoms. The molecule has 0 aliphatic carbocycles. The Kier molecular flexibility index (Phi) is 4.34. The van der Waals surface area contributed by atoms with Crippen molar-refractivity contribution < 1.29 is 9.84 Å². The largest absolute Gasteiger partial charge is 0.504 e. The highest BCUT2D eigenvalue weighted by atomic mass is 16.5. The molecule has 4 nitrogen and oxygen atoms in total. The quantitative estimate of drug-likeness (QED) is 0.797. The third-order valence-corrected chi connectivity index (χ3v) is 3.50. The van der Waals surface area contributed by atoms with E-state index in [4.69, 9.17) is 4.74 Å². The number of phenolic OH excluding ortho intramolecular Hbond substituents is 1. The van der Waals surface area contributed by atoms with Crippen LogP contribution in [0.15, 0.2) is 67.3 Å². The average Bonchev–Trinajstić information content (AvgIpc) is 2.61. The molecule has 0 saturated heterocycles. The molecule has 0 amide bonds. The average molecular weight is 304 g/mol. The third kappa shape index (κ3) is 3.37. The van der Waals surface area contributed by atoms with Crippen LogP contribution in [0, 0.1) is 0 Å². The molecule has 0 radical (unpaired) electrons. The van der Waals surface area contributed by atoms with Crippen molar-refractivity contribution in [3.8, 4) is 11.5 Å². The van der Waals surface area contributed by atoms with Crippen molar-refractivity contribution in [3.05, 3.63) is 83.9 Å². The Balaban J connectivity index is 2.13. The molecule has 2 heterocycles. The standard InChI is InChI=1S/C19H16N2O2/c1-23-19-3-2-16(13-18(19)22)17(15-6-10-21-11-7-15)12-14-4-8-20-9-5-14/h2-13,22H,1H3/b17-12+. The number of rotatable bonds is 4. The number of hydrogen-bond donors (Lipinski definition) is 1. The zero-order valence-corrected chi connectivity index (χ0v) is 12.7. The Morgan fingerprint density at radius 3 is 2.17 bits per heavy atom. The van der Waals surface area contributed by atoms with Crippen molar-refractivity contribution in [2.24, 2.45) is 0 Å². The molecule has 23 heavy (non-hydrogen) atoms. The fraction of sp³-hybridized carbons (Fsp3) is 0.0526. The zero-order chi connectivity index (χ0) is 16.1. The van der Waals surface area contributed by atoms with Crippen LogP contribution in [0.4, 0.5) is 0 Å². The van der Waals surface area contributed by atoms with E-state index in [1.807, 2.05) is 30.3 Å². The molecular formula is C19H16N2O2. The first kappa shape index (κ1) is 14.8. The van der Waals surface area contributed by atoms with Crippen molar-refractivity contribution in [2.75, 3.05) is 7.11 Å². The van der Waals surface area contributed by atoms with Crippen LogP contribution in [0.5, 0.6) is 11.5 Å². The van der Waals surface area contributed by atoms with E-state index < -0.39 is 0 Å². The summed E-state index contributed by atoms with van der Waals surface area (Å²) in [5.74, 6) is 0.562. The lowest BCUT2D eigenvalue weighted by Crippen LogP contribution is -1.91. The van der Waals surface area contributed by atoms with Gasteiger partial charge in [0, 0.05) is 24.8 Å². The monoisotopic (exact) mass is 304 g/mol. The zero-order valence-electron chi connectivity index (χ0n) is 12.7. The van der Waals surface area contributed by atoms with Crippen LogP contribution < -0.4 is 4.74 Å². The number of pyridine rings is 2. The van der Waals surface area contributed by atoms with E-state index >= 15 is 0 Å². The summed E-state index contributed by atoms with van der Waals surface area (Å²) in [6.07, 6.45) is 9.06. The molecule has 114 valence electrons. The number of benzene rings is 1. The summed E-state index contributed by atoms with van der Waals surface area (Å²) in [7, 11) is 1.53. The molecule has 0 unspecified atom stereocenters. The van der Waals surface area contributed by atoms with Crippen molar-refractivity contribution in [3.63, 3.8) is 0 Å². The Labute approximate surface area is 134 Å². The van der Waals surface area contributed by atoms with Gasteiger partial charge in [-0.3, -0.25) is 9.97 Å². The lowest BCUT2D eigenvalue weighted by Gasteiger charge is -2.11. The van der Waals surface area contributed by atoms with Crippen LogP contribution in [-0.2, 0) is 0 Å². The van der Waals surface area contributed by atoms with E-state index in [0.29, 0.717) is 5.75 Å². The molecule has 0 atom stereocenters. The second-order valence-electron chi connectivity index (χ2n) is 4.96. The Hall–Kier alpha value is -3.14. The first-order valence-corrected chi connectivity index (χ1v) is 7.17. The van der Waals surface area contributed by atoms with Crippen molar-refractivity contribution in [2.45, 2.75) is 0 Å². The van der Waals surface area contributed by atoms with Gasteiger partial charge in [-0.2, -0.15) is 0 Å². The Morgan fingerprint density at radius 1 is 0.913 bits per heavy atom. The topological polar surface area (TPSA) is 55.2 Å². The number of nitrogens with zero attached hydrogens (tertiary/aromatic N) is 2. The van der Waals surface area contributed by atoms with E-state index in [-0.39, 0.29) is 5.75 Å². The highest BCUT2D eigenvalue weighted by Crippen LogP contribution is 2.32. The molecule has 2 aromatic heterocycles. The van der Waals surface area contributed by atoms with Gasteiger partial charge in [-0.25, -0.2) is 0 Å². The smallest absolute Gasteiger partial charge is 0.160 e. The van der Waals surface area contributed by atoms with E-state index in [1.165, 1.54) is 7.11 Å². The fourth-order valence-corrected chi connectivity index (χ4v) is 2.35. The highest BCUT2D eigenvalue weighted by molar-refractivity contribution is 5.91. The number of hydrogen-bond acceptors (Lipinski definition) is 4. The summed E-state index contributed by atoms with van der Waals surface area (Å²) in [5, 5.41) is 10.1. The van der Waals surface area contributed by atoms with Gasteiger partial charge in [0.2, 0.25) is 0 Å². The predicted octanol–water partition coefficient (Wildman–Crippen LogP) is 3.78. The second-order valence-corrected chi connectivity index (χ2v) is 4.96. The van der Waals surface area contributed by atoms with Gasteiger partial charge in [0.25, 0.3) is 0 Å². The molecule has 0 saturated carbocycles. The summed E-state index contributed by atoms with van der Waals surface area (Å²) >= 11 is 0. The maximum absolute atomic E-state index is 10.1. The number of ether oxygens (including phenoxy) is 1. The predicted molar refractivity (Wildman–Crippen MR) is 90.1 cm³/mol. The van der Waals surface area contributed by atoms with Crippen LogP contribution in [0.2, 0.25) is 0 Å². The molecule has 0 aliphatic heterocycles. The van der Waals surface area contributed by atoms with Crippen molar-refractivity contribution >= 4 is 11.6 Å². The van der Waals surface area contributed by atoms with E-state index in [0.717, 1.165) is 22.3 Å². The van der Waals surface area contributed by atoms with E-state index in [2.05, 4.69) is 16.0 Å². The number of methoxy groups -OCH3 is 1. The lowest BCUT2D eigenvalue weighted by atomic mass is 9.96. The van der Waals surface area contributed by atoms with E-state index in [1.54, 1.807) is 36.9 Å². The molecule has 3 rings (SSSR count). The van der Waals surface area contributed by atoms with Gasteiger partial charge >= 0.3 is 0 Å². The highest BCUT2D eigenvalue weighted by Gasteiger charge is 2.09. The minimum atomic E-state index is 0.111. The molecule has 0 spiro atoms. The number of phenols is 1. The minimum Gasteiger partial charge on any atom is -0.504 e. The maximum atomic E-state index is 10.1. The second kappa shape index (κ2) is 6.75. The summed E-state index contributed by atoms with van der Waals surface area (Å²) in [5.41, 5.74) is 3.92.